The molecule has 0 radical (unpaired) electrons. The molecule has 5 heterocycles. The Morgan fingerprint density at radius 3 is 2.49 bits per heavy atom. The van der Waals surface area contributed by atoms with Crippen LogP contribution in [0, 0.1) is 0 Å². The summed E-state index contributed by atoms with van der Waals surface area (Å²) in [6.07, 6.45) is 8.11. The number of benzene rings is 2. The van der Waals surface area contributed by atoms with Crippen LogP contribution >= 0.6 is 0 Å². The van der Waals surface area contributed by atoms with Gasteiger partial charge in [0.2, 0.25) is 11.8 Å². The highest BCUT2D eigenvalue weighted by atomic mass is 16.5. The Bertz CT molecular complexity index is 2250. The van der Waals surface area contributed by atoms with Crippen LogP contribution in [0.4, 0.5) is 5.82 Å². The fourth-order valence-electron chi connectivity index (χ4n) is 6.46. The van der Waals surface area contributed by atoms with Crippen molar-refractivity contribution in [1.82, 2.24) is 40.4 Å². The number of carbonyl (C=O) groups excluding carboxylic acids is 6. The maximum Gasteiger partial charge on any atom is 0.266 e. The van der Waals surface area contributed by atoms with Gasteiger partial charge in [0.15, 0.2) is 12.3 Å². The van der Waals surface area contributed by atoms with Gasteiger partial charge >= 0.3 is 0 Å². The van der Waals surface area contributed by atoms with Gasteiger partial charge in [-0.1, -0.05) is 31.0 Å². The summed E-state index contributed by atoms with van der Waals surface area (Å²) in [5.41, 5.74) is 2.57. The molecule has 282 valence electrons. The summed E-state index contributed by atoms with van der Waals surface area (Å²) < 4.78 is 12.8. The van der Waals surface area contributed by atoms with Gasteiger partial charge in [0, 0.05) is 30.6 Å². The van der Waals surface area contributed by atoms with Gasteiger partial charge in [0.05, 0.1) is 30.1 Å². The molecule has 4 N–H and O–H groups in total. The molecule has 17 nitrogen and oxygen atoms in total. The van der Waals surface area contributed by atoms with E-state index in [1.807, 2.05) is 28.7 Å². The van der Waals surface area contributed by atoms with E-state index in [2.05, 4.69) is 36.4 Å². The number of anilines is 1. The molecule has 6 amide bonds. The first-order valence-electron chi connectivity index (χ1n) is 17.9. The quantitative estimate of drug-likeness (QED) is 0.0846. The maximum absolute atomic E-state index is 13.2. The lowest BCUT2D eigenvalue weighted by Gasteiger charge is -2.27. The van der Waals surface area contributed by atoms with E-state index in [9.17, 15) is 28.8 Å². The second-order valence-electron chi connectivity index (χ2n) is 13.0. The van der Waals surface area contributed by atoms with Crippen LogP contribution < -0.4 is 26.0 Å². The minimum atomic E-state index is -1.10. The number of nitrogens with one attached hydrogen (secondary N) is 4. The van der Waals surface area contributed by atoms with Crippen molar-refractivity contribution in [2.75, 3.05) is 25.0 Å². The molecule has 0 bridgehead atoms. The van der Waals surface area contributed by atoms with E-state index >= 15 is 0 Å². The monoisotopic (exact) mass is 747 g/mol. The summed E-state index contributed by atoms with van der Waals surface area (Å²) in [7, 11) is 0. The Balaban J connectivity index is 0.795. The summed E-state index contributed by atoms with van der Waals surface area (Å²) >= 11 is 0. The number of fused-ring (bicyclic) bond motifs is 2. The van der Waals surface area contributed by atoms with Crippen LogP contribution in [0.2, 0.25) is 0 Å². The first-order valence-corrected chi connectivity index (χ1v) is 17.9. The van der Waals surface area contributed by atoms with Crippen LogP contribution in [0.25, 0.3) is 16.9 Å². The molecule has 1 saturated heterocycles. The lowest BCUT2D eigenvalue weighted by Crippen LogP contribution is -2.54. The molecule has 1 atom stereocenters. The van der Waals surface area contributed by atoms with E-state index in [1.54, 1.807) is 30.9 Å². The zero-order valence-corrected chi connectivity index (χ0v) is 29.6. The normalized spacial score (nSPS) is 15.2. The Morgan fingerprint density at radius 2 is 1.73 bits per heavy atom. The zero-order chi connectivity index (χ0) is 38.3. The standard InChI is InChI=1S/C38H37N9O8/c48-30-15-14-27(36(51)44-30)47-37(52)26-8-5-9-28(32(26)38(47)53)55-21-31(49)39-16-3-1-2-4-17-40-35(50)24-12-10-23(11-13-24)33-34-45-43-22-46(34)29(20-42-33)41-19-25-7-6-18-54-25/h5-13,18,20,22,27,41H,1-4,14-17,19,21H2,(H,39,49)(H,40,50)(H,44,48,51). The molecule has 0 aliphatic carbocycles. The maximum atomic E-state index is 13.2. The van der Waals surface area contributed by atoms with Gasteiger partial charge in [-0.2, -0.15) is 0 Å². The zero-order valence-electron chi connectivity index (χ0n) is 29.6. The second kappa shape index (κ2) is 16.4. The minimum absolute atomic E-state index is 0.0119. The van der Waals surface area contributed by atoms with Crippen LogP contribution in [-0.2, 0) is 20.9 Å². The number of carbonyl (C=O) groups is 6. The molecule has 7 rings (SSSR count). The van der Waals surface area contributed by atoms with Crippen molar-refractivity contribution in [3.8, 4) is 17.0 Å². The predicted octanol–water partition coefficient (Wildman–Crippen LogP) is 2.88. The van der Waals surface area contributed by atoms with Crippen molar-refractivity contribution in [3.63, 3.8) is 0 Å². The average molecular weight is 748 g/mol. The van der Waals surface area contributed by atoms with Crippen LogP contribution in [0.5, 0.6) is 5.75 Å². The first-order chi connectivity index (χ1) is 26.8. The highest BCUT2D eigenvalue weighted by Gasteiger charge is 2.46. The van der Waals surface area contributed by atoms with Crippen LogP contribution in [-0.4, -0.2) is 85.7 Å². The summed E-state index contributed by atoms with van der Waals surface area (Å²) in [4.78, 5) is 80.7. The van der Waals surface area contributed by atoms with Gasteiger partial charge in [0.25, 0.3) is 23.6 Å². The van der Waals surface area contributed by atoms with Crippen LogP contribution in [0.3, 0.4) is 0 Å². The molecule has 0 saturated carbocycles. The van der Waals surface area contributed by atoms with E-state index in [4.69, 9.17) is 9.15 Å². The van der Waals surface area contributed by atoms with Gasteiger partial charge in [0.1, 0.15) is 35.4 Å². The van der Waals surface area contributed by atoms with E-state index in [0.29, 0.717) is 48.8 Å². The number of aromatic nitrogens is 4. The van der Waals surface area contributed by atoms with Gasteiger partial charge < -0.3 is 25.1 Å². The third-order valence-electron chi connectivity index (χ3n) is 9.28. The number of rotatable bonds is 16. The van der Waals surface area contributed by atoms with Crippen LogP contribution in [0.1, 0.15) is 75.4 Å². The number of amides is 6. The Morgan fingerprint density at radius 1 is 0.927 bits per heavy atom. The molecular weight excluding hydrogens is 710 g/mol. The molecular formula is C38H37N9O8. The highest BCUT2D eigenvalue weighted by molar-refractivity contribution is 6.24. The van der Waals surface area contributed by atoms with Gasteiger partial charge in [-0.25, -0.2) is 4.98 Å². The van der Waals surface area contributed by atoms with E-state index in [0.717, 1.165) is 35.5 Å². The number of hydrogen-bond acceptors (Lipinski definition) is 12. The smallest absolute Gasteiger partial charge is 0.266 e. The molecule has 3 aromatic heterocycles. The third-order valence-corrected chi connectivity index (χ3v) is 9.28. The molecule has 2 aromatic carbocycles. The number of nitrogens with zero attached hydrogens (tertiary/aromatic N) is 5. The van der Waals surface area contributed by atoms with Crippen molar-refractivity contribution < 1.29 is 37.9 Å². The molecule has 17 heteroatoms. The Labute approximate surface area is 313 Å². The van der Waals surface area contributed by atoms with Crippen molar-refractivity contribution in [3.05, 3.63) is 95.8 Å². The van der Waals surface area contributed by atoms with Gasteiger partial charge in [-0.3, -0.25) is 43.4 Å². The number of piperidine rings is 1. The summed E-state index contributed by atoms with van der Waals surface area (Å²) in [5.74, 6) is -1.56. The minimum Gasteiger partial charge on any atom is -0.483 e. The van der Waals surface area contributed by atoms with Gasteiger partial charge in [-0.05, 0) is 55.7 Å². The third kappa shape index (κ3) is 8.04. The Kier molecular flexibility index (Phi) is 10.9. The summed E-state index contributed by atoms with van der Waals surface area (Å²) in [5, 5.41) is 19.4. The topological polar surface area (TPSA) is 219 Å². The fourth-order valence-corrected chi connectivity index (χ4v) is 6.46. The number of hydrogen-bond donors (Lipinski definition) is 4. The molecule has 2 aliphatic rings. The van der Waals surface area contributed by atoms with E-state index < -0.39 is 35.6 Å². The number of ether oxygens (including phenoxy) is 1. The molecule has 5 aromatic rings. The largest absolute Gasteiger partial charge is 0.483 e. The summed E-state index contributed by atoms with van der Waals surface area (Å²) in [6.45, 7) is 1.02. The lowest BCUT2D eigenvalue weighted by atomic mass is 10.0. The molecule has 1 unspecified atom stereocenters. The second-order valence-corrected chi connectivity index (χ2v) is 13.0. The number of furan rings is 1. The number of unbranched alkanes of at least 4 members (excludes halogenated alkanes) is 3. The lowest BCUT2D eigenvalue weighted by molar-refractivity contribution is -0.136. The molecule has 1 fully saturated rings. The van der Waals surface area contributed by atoms with Crippen molar-refractivity contribution in [2.24, 2.45) is 0 Å². The van der Waals surface area contributed by atoms with Crippen molar-refractivity contribution >= 4 is 46.9 Å². The summed E-state index contributed by atoms with van der Waals surface area (Å²) in [6, 6.07) is 14.2. The molecule has 0 spiro atoms. The predicted molar refractivity (Wildman–Crippen MR) is 195 cm³/mol. The van der Waals surface area contributed by atoms with Crippen LogP contribution in [0.15, 0.2) is 77.8 Å². The van der Waals surface area contributed by atoms with Crippen molar-refractivity contribution in [2.45, 2.75) is 51.1 Å². The van der Waals surface area contributed by atoms with E-state index in [1.165, 1.54) is 18.2 Å². The van der Waals surface area contributed by atoms with Gasteiger partial charge in [-0.15, -0.1) is 10.2 Å². The molecule has 2 aliphatic heterocycles. The average Bonchev–Trinajstić information content (AvgIpc) is 3.96. The number of imide groups is 2. The SMILES string of the molecule is O=C(COc1cccc2c1C(=O)N(C1CCC(=O)NC1=O)C2=O)NCCCCCCNC(=O)c1ccc(-c2ncc(NCc3ccco3)n3cnnc23)cc1. The van der Waals surface area contributed by atoms with E-state index in [-0.39, 0.29) is 42.2 Å². The fraction of sp³-hybridized carbons (Fsp3) is 0.289. The highest BCUT2D eigenvalue weighted by Crippen LogP contribution is 2.33. The first kappa shape index (κ1) is 36.4. The molecule has 55 heavy (non-hydrogen) atoms. The Hall–Kier alpha value is -6.91. The van der Waals surface area contributed by atoms with Crippen molar-refractivity contribution in [1.29, 1.82) is 0 Å².